The van der Waals surface area contributed by atoms with Gasteiger partial charge in [0, 0.05) is 32.7 Å². The number of hydrogen-bond acceptors (Lipinski definition) is 4. The van der Waals surface area contributed by atoms with Crippen LogP contribution in [0.1, 0.15) is 32.1 Å². The van der Waals surface area contributed by atoms with Crippen molar-refractivity contribution in [1.29, 1.82) is 10.5 Å². The molecule has 0 spiro atoms. The first-order valence-electron chi connectivity index (χ1n) is 6.33. The molecule has 1 saturated carbocycles. The second-order valence-electron chi connectivity index (χ2n) is 4.52. The number of nitrogens with zero attached hydrogens (tertiary/aromatic N) is 3. The lowest BCUT2D eigenvalue weighted by atomic mass is 9.84. The van der Waals surface area contributed by atoms with Gasteiger partial charge < -0.3 is 4.74 Å². The molecule has 0 heterocycles. The van der Waals surface area contributed by atoms with Crippen LogP contribution in [0.4, 0.5) is 0 Å². The summed E-state index contributed by atoms with van der Waals surface area (Å²) in [5.41, 5.74) is 0. The molecule has 94 valence electrons. The molecule has 1 aliphatic carbocycles. The molecule has 1 rings (SSSR count). The summed E-state index contributed by atoms with van der Waals surface area (Å²) in [6.07, 6.45) is 4.95. The maximum atomic E-state index is 9.19. The summed E-state index contributed by atoms with van der Waals surface area (Å²) in [5, 5.41) is 17.9. The molecule has 0 aromatic heterocycles. The minimum atomic E-state index is 0.124. The maximum absolute atomic E-state index is 9.19. The van der Waals surface area contributed by atoms with E-state index in [-0.39, 0.29) is 5.92 Å². The summed E-state index contributed by atoms with van der Waals surface area (Å²) in [7, 11) is 1.69. The third-order valence-corrected chi connectivity index (χ3v) is 3.46. The fourth-order valence-corrected chi connectivity index (χ4v) is 2.54. The predicted octanol–water partition coefficient (Wildman–Crippen LogP) is 1.93. The Morgan fingerprint density at radius 1 is 1.24 bits per heavy atom. The zero-order valence-corrected chi connectivity index (χ0v) is 10.6. The Balaban J connectivity index is 2.59. The summed E-state index contributed by atoms with van der Waals surface area (Å²) in [5.74, 6) is 0.124. The van der Waals surface area contributed by atoms with E-state index in [0.29, 0.717) is 19.1 Å². The van der Waals surface area contributed by atoms with Gasteiger partial charge in [-0.15, -0.1) is 0 Å². The van der Waals surface area contributed by atoms with Crippen LogP contribution in [-0.2, 0) is 4.74 Å². The highest BCUT2D eigenvalue weighted by atomic mass is 16.5. The second-order valence-corrected chi connectivity index (χ2v) is 4.52. The van der Waals surface area contributed by atoms with Crippen LogP contribution < -0.4 is 0 Å². The molecule has 0 radical (unpaired) electrons. The average Bonchev–Trinajstić information content (AvgIpc) is 2.39. The van der Waals surface area contributed by atoms with Crippen LogP contribution >= 0.6 is 0 Å². The Morgan fingerprint density at radius 2 is 2.00 bits per heavy atom. The minimum absolute atomic E-state index is 0.124. The van der Waals surface area contributed by atoms with Gasteiger partial charge in [0.1, 0.15) is 0 Å². The van der Waals surface area contributed by atoms with Crippen LogP contribution in [0, 0.1) is 28.6 Å². The average molecular weight is 235 g/mol. The molecule has 4 nitrogen and oxygen atoms in total. The van der Waals surface area contributed by atoms with E-state index < -0.39 is 0 Å². The molecule has 1 fully saturated rings. The first-order valence-corrected chi connectivity index (χ1v) is 6.33. The lowest BCUT2D eigenvalue weighted by molar-refractivity contribution is 0.0875. The SMILES string of the molecule is COCCN(CCC#N)C1CCCCC1C#N. The lowest BCUT2D eigenvalue weighted by Crippen LogP contribution is -2.44. The highest BCUT2D eigenvalue weighted by Crippen LogP contribution is 2.28. The van der Waals surface area contributed by atoms with Gasteiger partial charge in [-0.3, -0.25) is 4.90 Å². The Bertz CT molecular complexity index is 292. The Kier molecular flexibility index (Phi) is 6.62. The third-order valence-electron chi connectivity index (χ3n) is 3.46. The molecule has 0 saturated heterocycles. The summed E-state index contributed by atoms with van der Waals surface area (Å²) in [6, 6.07) is 4.92. The van der Waals surface area contributed by atoms with E-state index in [9.17, 15) is 5.26 Å². The highest BCUT2D eigenvalue weighted by Gasteiger charge is 2.29. The van der Waals surface area contributed by atoms with Crippen molar-refractivity contribution < 1.29 is 4.74 Å². The quantitative estimate of drug-likeness (QED) is 0.705. The van der Waals surface area contributed by atoms with Gasteiger partial charge in [0.05, 0.1) is 24.7 Å². The van der Waals surface area contributed by atoms with Crippen molar-refractivity contribution in [3.05, 3.63) is 0 Å². The molecule has 0 bridgehead atoms. The van der Waals surface area contributed by atoms with Crippen LogP contribution in [0.5, 0.6) is 0 Å². The van der Waals surface area contributed by atoms with E-state index in [4.69, 9.17) is 10.00 Å². The van der Waals surface area contributed by atoms with Crippen LogP contribution in [0.15, 0.2) is 0 Å². The number of nitriles is 2. The van der Waals surface area contributed by atoms with Crippen LogP contribution in [0.25, 0.3) is 0 Å². The molecular weight excluding hydrogens is 214 g/mol. The van der Waals surface area contributed by atoms with Crippen molar-refractivity contribution in [2.45, 2.75) is 38.1 Å². The highest BCUT2D eigenvalue weighted by molar-refractivity contribution is 4.96. The van der Waals surface area contributed by atoms with Crippen LogP contribution in [-0.4, -0.2) is 37.7 Å². The van der Waals surface area contributed by atoms with Gasteiger partial charge in [-0.05, 0) is 12.8 Å². The van der Waals surface area contributed by atoms with Crippen molar-refractivity contribution in [1.82, 2.24) is 4.90 Å². The largest absolute Gasteiger partial charge is 0.383 e. The topological polar surface area (TPSA) is 60.0 Å². The normalized spacial score (nSPS) is 24.2. The van der Waals surface area contributed by atoms with Crippen LogP contribution in [0.3, 0.4) is 0 Å². The van der Waals surface area contributed by atoms with Crippen molar-refractivity contribution >= 4 is 0 Å². The summed E-state index contributed by atoms with van der Waals surface area (Å²) >= 11 is 0. The van der Waals surface area contributed by atoms with E-state index in [0.717, 1.165) is 32.4 Å². The monoisotopic (exact) mass is 235 g/mol. The lowest BCUT2D eigenvalue weighted by Gasteiger charge is -2.36. The Hall–Kier alpha value is -1.10. The van der Waals surface area contributed by atoms with Gasteiger partial charge >= 0.3 is 0 Å². The number of hydrogen-bond donors (Lipinski definition) is 0. The Labute approximate surface area is 104 Å². The molecule has 1 aliphatic rings. The molecule has 0 N–H and O–H groups in total. The maximum Gasteiger partial charge on any atom is 0.0672 e. The Morgan fingerprint density at radius 3 is 2.65 bits per heavy atom. The zero-order valence-electron chi connectivity index (χ0n) is 10.6. The third kappa shape index (κ3) is 4.34. The zero-order chi connectivity index (χ0) is 12.5. The number of rotatable bonds is 6. The van der Waals surface area contributed by atoms with E-state index in [2.05, 4.69) is 17.0 Å². The van der Waals surface area contributed by atoms with Crippen molar-refractivity contribution in [2.75, 3.05) is 26.8 Å². The predicted molar refractivity (Wildman–Crippen MR) is 65.0 cm³/mol. The van der Waals surface area contributed by atoms with E-state index >= 15 is 0 Å². The molecule has 0 aromatic carbocycles. The summed E-state index contributed by atoms with van der Waals surface area (Å²) in [6.45, 7) is 2.24. The van der Waals surface area contributed by atoms with E-state index in [1.54, 1.807) is 7.11 Å². The van der Waals surface area contributed by atoms with Gasteiger partial charge in [-0.1, -0.05) is 12.8 Å². The van der Waals surface area contributed by atoms with Gasteiger partial charge in [0.25, 0.3) is 0 Å². The van der Waals surface area contributed by atoms with Gasteiger partial charge in [0.2, 0.25) is 0 Å². The van der Waals surface area contributed by atoms with Crippen molar-refractivity contribution in [2.24, 2.45) is 5.92 Å². The first kappa shape index (κ1) is 14.0. The molecular formula is C13H21N3O. The number of ether oxygens (including phenoxy) is 1. The van der Waals surface area contributed by atoms with Crippen molar-refractivity contribution in [3.8, 4) is 12.1 Å². The first-order chi connectivity index (χ1) is 8.33. The molecule has 0 aliphatic heterocycles. The minimum Gasteiger partial charge on any atom is -0.383 e. The fourth-order valence-electron chi connectivity index (χ4n) is 2.54. The van der Waals surface area contributed by atoms with E-state index in [1.807, 2.05) is 0 Å². The molecule has 2 unspecified atom stereocenters. The smallest absolute Gasteiger partial charge is 0.0672 e. The summed E-state index contributed by atoms with van der Waals surface area (Å²) < 4.78 is 5.10. The molecule has 0 aromatic rings. The van der Waals surface area contributed by atoms with Gasteiger partial charge in [-0.2, -0.15) is 10.5 Å². The molecule has 2 atom stereocenters. The molecule has 17 heavy (non-hydrogen) atoms. The standard InChI is InChI=1S/C13H21N3O/c1-17-10-9-16(8-4-7-14)13-6-3-2-5-12(13)11-15/h12-13H,2-6,8-10H2,1H3. The van der Waals surface area contributed by atoms with Gasteiger partial charge in [-0.25, -0.2) is 0 Å². The molecule has 0 amide bonds. The van der Waals surface area contributed by atoms with Crippen molar-refractivity contribution in [3.63, 3.8) is 0 Å². The number of methoxy groups -OCH3 is 1. The van der Waals surface area contributed by atoms with E-state index in [1.165, 1.54) is 6.42 Å². The summed E-state index contributed by atoms with van der Waals surface area (Å²) in [4.78, 5) is 2.26. The fraction of sp³-hybridized carbons (Fsp3) is 0.846. The van der Waals surface area contributed by atoms with Crippen LogP contribution in [0.2, 0.25) is 0 Å². The molecule has 4 heteroatoms. The second kappa shape index (κ2) is 8.06. The van der Waals surface area contributed by atoms with Gasteiger partial charge in [0.15, 0.2) is 0 Å².